The number of fused-ring (bicyclic) bond motifs is 2. The molecule has 0 radical (unpaired) electrons. The van der Waals surface area contributed by atoms with Crippen LogP contribution in [0.25, 0.3) is 0 Å². The van der Waals surface area contributed by atoms with Crippen molar-refractivity contribution in [3.05, 3.63) is 0 Å². The lowest BCUT2D eigenvalue weighted by Crippen LogP contribution is -2.50. The molecule has 1 aliphatic heterocycles. The summed E-state index contributed by atoms with van der Waals surface area (Å²) in [6.45, 7) is 1.07. The van der Waals surface area contributed by atoms with E-state index < -0.39 is 11.9 Å². The van der Waals surface area contributed by atoms with Crippen LogP contribution in [0.5, 0.6) is 0 Å². The largest absolute Gasteiger partial charge is 0.481 e. The molecule has 1 amide bonds. The Morgan fingerprint density at radius 2 is 1.89 bits per heavy atom. The molecule has 5 atom stereocenters. The fourth-order valence-corrected chi connectivity index (χ4v) is 4.29. The van der Waals surface area contributed by atoms with Crippen LogP contribution in [0.15, 0.2) is 0 Å². The van der Waals surface area contributed by atoms with E-state index in [4.69, 9.17) is 10.8 Å². The van der Waals surface area contributed by atoms with Crippen LogP contribution in [0.3, 0.4) is 0 Å². The number of piperidine rings is 1. The molecule has 0 aromatic carbocycles. The molecule has 0 aromatic heterocycles. The SMILES string of the molecule is NC1C2CCC(C2)C1C(=O)N1CCC[C@H](C(=O)O)C1. The number of likely N-dealkylation sites (tertiary alicyclic amines) is 1. The van der Waals surface area contributed by atoms with Crippen molar-refractivity contribution >= 4 is 11.9 Å². The van der Waals surface area contributed by atoms with Crippen molar-refractivity contribution in [2.24, 2.45) is 29.4 Å². The molecule has 3 rings (SSSR count). The zero-order chi connectivity index (χ0) is 13.6. The molecular weight excluding hydrogens is 244 g/mol. The van der Waals surface area contributed by atoms with Gasteiger partial charge in [-0.15, -0.1) is 0 Å². The topological polar surface area (TPSA) is 83.6 Å². The summed E-state index contributed by atoms with van der Waals surface area (Å²) in [6, 6.07) is -0.00328. The van der Waals surface area contributed by atoms with Crippen molar-refractivity contribution in [3.63, 3.8) is 0 Å². The van der Waals surface area contributed by atoms with Gasteiger partial charge in [0.1, 0.15) is 0 Å². The minimum absolute atomic E-state index is 0.00328. The number of hydrogen-bond acceptors (Lipinski definition) is 3. The molecule has 1 heterocycles. The summed E-state index contributed by atoms with van der Waals surface area (Å²) in [4.78, 5) is 25.5. The van der Waals surface area contributed by atoms with E-state index >= 15 is 0 Å². The Morgan fingerprint density at radius 3 is 2.53 bits per heavy atom. The highest BCUT2D eigenvalue weighted by Crippen LogP contribution is 2.48. The first-order valence-electron chi connectivity index (χ1n) is 7.35. The van der Waals surface area contributed by atoms with Gasteiger partial charge in [-0.05, 0) is 43.9 Å². The predicted octanol–water partition coefficient (Wildman–Crippen LogP) is 0.683. The van der Waals surface area contributed by atoms with Crippen molar-refractivity contribution in [3.8, 4) is 0 Å². The molecule has 4 unspecified atom stereocenters. The van der Waals surface area contributed by atoms with Gasteiger partial charge in [0.25, 0.3) is 0 Å². The van der Waals surface area contributed by atoms with Crippen molar-refractivity contribution < 1.29 is 14.7 Å². The normalized spacial score (nSPS) is 41.5. The molecule has 2 aliphatic carbocycles. The van der Waals surface area contributed by atoms with Crippen LogP contribution in [-0.2, 0) is 9.59 Å². The van der Waals surface area contributed by atoms with Gasteiger partial charge in [-0.1, -0.05) is 0 Å². The van der Waals surface area contributed by atoms with Crippen molar-refractivity contribution in [1.29, 1.82) is 0 Å². The number of nitrogens with two attached hydrogens (primary N) is 1. The van der Waals surface area contributed by atoms with Crippen molar-refractivity contribution in [1.82, 2.24) is 4.90 Å². The minimum atomic E-state index is -0.783. The molecule has 19 heavy (non-hydrogen) atoms. The number of carboxylic acid groups (broad SMARTS) is 1. The second-order valence-electron chi connectivity index (χ2n) is 6.40. The fraction of sp³-hybridized carbons (Fsp3) is 0.857. The van der Waals surface area contributed by atoms with Gasteiger partial charge < -0.3 is 15.7 Å². The van der Waals surface area contributed by atoms with Gasteiger partial charge in [-0.3, -0.25) is 9.59 Å². The molecule has 1 saturated heterocycles. The van der Waals surface area contributed by atoms with Gasteiger partial charge in [-0.25, -0.2) is 0 Å². The first-order valence-corrected chi connectivity index (χ1v) is 7.35. The fourth-order valence-electron chi connectivity index (χ4n) is 4.29. The Hall–Kier alpha value is -1.10. The van der Waals surface area contributed by atoms with Gasteiger partial charge in [0.2, 0.25) is 5.91 Å². The van der Waals surface area contributed by atoms with E-state index in [1.54, 1.807) is 4.90 Å². The molecule has 3 fully saturated rings. The highest BCUT2D eigenvalue weighted by molar-refractivity contribution is 5.81. The third-order valence-electron chi connectivity index (χ3n) is 5.35. The molecule has 2 bridgehead atoms. The van der Waals surface area contributed by atoms with Gasteiger partial charge in [0, 0.05) is 19.1 Å². The third-order valence-corrected chi connectivity index (χ3v) is 5.35. The van der Waals surface area contributed by atoms with Crippen LogP contribution in [0.2, 0.25) is 0 Å². The van der Waals surface area contributed by atoms with Crippen LogP contribution in [0.4, 0.5) is 0 Å². The summed E-state index contributed by atoms with van der Waals surface area (Å²) in [5.74, 6) is -0.157. The van der Waals surface area contributed by atoms with E-state index in [1.807, 2.05) is 0 Å². The molecule has 0 spiro atoms. The van der Waals surface area contributed by atoms with E-state index in [2.05, 4.69) is 0 Å². The van der Waals surface area contributed by atoms with E-state index in [1.165, 1.54) is 0 Å². The average Bonchev–Trinajstić information content (AvgIpc) is 2.99. The summed E-state index contributed by atoms with van der Waals surface area (Å²) in [6.07, 6.45) is 4.84. The minimum Gasteiger partial charge on any atom is -0.481 e. The first-order chi connectivity index (χ1) is 9.08. The molecule has 2 saturated carbocycles. The maximum absolute atomic E-state index is 12.6. The first kappa shape index (κ1) is 12.9. The van der Waals surface area contributed by atoms with Crippen molar-refractivity contribution in [2.45, 2.75) is 38.1 Å². The summed E-state index contributed by atoms with van der Waals surface area (Å²) in [5.41, 5.74) is 6.20. The number of carbonyl (C=O) groups is 2. The summed E-state index contributed by atoms with van der Waals surface area (Å²) >= 11 is 0. The Balaban J connectivity index is 1.68. The number of amides is 1. The second-order valence-corrected chi connectivity index (χ2v) is 6.40. The highest BCUT2D eigenvalue weighted by atomic mass is 16.4. The van der Waals surface area contributed by atoms with E-state index in [0.717, 1.165) is 25.7 Å². The smallest absolute Gasteiger partial charge is 0.308 e. The highest BCUT2D eigenvalue weighted by Gasteiger charge is 2.50. The Labute approximate surface area is 113 Å². The van der Waals surface area contributed by atoms with E-state index in [0.29, 0.717) is 31.3 Å². The summed E-state index contributed by atoms with van der Waals surface area (Å²) in [7, 11) is 0. The average molecular weight is 266 g/mol. The van der Waals surface area contributed by atoms with Crippen molar-refractivity contribution in [2.75, 3.05) is 13.1 Å². The Kier molecular flexibility index (Phi) is 3.25. The number of carboxylic acids is 1. The summed E-state index contributed by atoms with van der Waals surface area (Å²) < 4.78 is 0. The molecule has 0 aromatic rings. The lowest BCUT2D eigenvalue weighted by molar-refractivity contribution is -0.147. The number of carbonyl (C=O) groups excluding carboxylic acids is 1. The monoisotopic (exact) mass is 266 g/mol. The van der Waals surface area contributed by atoms with Gasteiger partial charge in [-0.2, -0.15) is 0 Å². The molecule has 5 nitrogen and oxygen atoms in total. The van der Waals surface area contributed by atoms with Crippen LogP contribution in [0.1, 0.15) is 32.1 Å². The predicted molar refractivity (Wildman–Crippen MR) is 69.2 cm³/mol. The third kappa shape index (κ3) is 2.14. The van der Waals surface area contributed by atoms with Gasteiger partial charge in [0.15, 0.2) is 0 Å². The Morgan fingerprint density at radius 1 is 1.16 bits per heavy atom. The zero-order valence-electron chi connectivity index (χ0n) is 11.1. The zero-order valence-corrected chi connectivity index (χ0v) is 11.1. The number of rotatable bonds is 2. The molecule has 3 aliphatic rings. The molecule has 3 N–H and O–H groups in total. The van der Waals surface area contributed by atoms with Gasteiger partial charge in [0.05, 0.1) is 11.8 Å². The van der Waals surface area contributed by atoms with E-state index in [-0.39, 0.29) is 17.9 Å². The molecule has 5 heteroatoms. The summed E-state index contributed by atoms with van der Waals surface area (Å²) in [5, 5.41) is 9.10. The lowest BCUT2D eigenvalue weighted by atomic mass is 9.83. The number of aliphatic carboxylic acids is 1. The van der Waals surface area contributed by atoms with E-state index in [9.17, 15) is 9.59 Å². The van der Waals surface area contributed by atoms with Crippen LogP contribution < -0.4 is 5.73 Å². The van der Waals surface area contributed by atoms with Crippen LogP contribution >= 0.6 is 0 Å². The standard InChI is InChI=1S/C14H22N2O3/c15-12-9-4-3-8(6-9)11(12)13(17)16-5-1-2-10(7-16)14(18)19/h8-12H,1-7,15H2,(H,18,19)/t8?,9?,10-,11?,12?/m0/s1. The maximum atomic E-state index is 12.6. The molecular formula is C14H22N2O3. The molecule has 106 valence electrons. The Bertz CT molecular complexity index is 396. The number of hydrogen-bond donors (Lipinski definition) is 2. The van der Waals surface area contributed by atoms with Gasteiger partial charge >= 0.3 is 5.97 Å². The second kappa shape index (κ2) is 4.78. The lowest BCUT2D eigenvalue weighted by Gasteiger charge is -2.36. The van der Waals surface area contributed by atoms with Crippen LogP contribution in [0, 0.1) is 23.7 Å². The number of nitrogens with zero attached hydrogens (tertiary/aromatic N) is 1. The quantitative estimate of drug-likeness (QED) is 0.770. The maximum Gasteiger partial charge on any atom is 0.308 e. The van der Waals surface area contributed by atoms with Crippen LogP contribution in [-0.4, -0.2) is 41.0 Å².